The van der Waals surface area contributed by atoms with Crippen LogP contribution in [0.1, 0.15) is 30.5 Å². The van der Waals surface area contributed by atoms with Gasteiger partial charge in [0.05, 0.1) is 0 Å². The molecule has 4 heteroatoms. The van der Waals surface area contributed by atoms with Crippen LogP contribution in [0.3, 0.4) is 0 Å². The number of halogens is 1. The minimum absolute atomic E-state index is 0.234. The predicted molar refractivity (Wildman–Crippen MR) is 92.0 cm³/mol. The van der Waals surface area contributed by atoms with Crippen LogP contribution in [0, 0.1) is 12.7 Å². The summed E-state index contributed by atoms with van der Waals surface area (Å²) >= 11 is 4.11. The summed E-state index contributed by atoms with van der Waals surface area (Å²) in [6.07, 6.45) is 2.09. The molecule has 0 atom stereocenters. The first-order valence-corrected chi connectivity index (χ1v) is 7.57. The first-order chi connectivity index (χ1) is 10.4. The monoisotopic (exact) mass is 315 g/mol. The number of anilines is 1. The van der Waals surface area contributed by atoms with Crippen LogP contribution in [0.2, 0.25) is 0 Å². The van der Waals surface area contributed by atoms with Gasteiger partial charge in [-0.25, -0.2) is 4.39 Å². The first-order valence-electron chi connectivity index (χ1n) is 7.12. The van der Waals surface area contributed by atoms with Gasteiger partial charge in [0.25, 0.3) is 0 Å². The van der Waals surface area contributed by atoms with Crippen LogP contribution in [0.4, 0.5) is 10.1 Å². The third kappa shape index (κ3) is 2.71. The molecule has 1 N–H and O–H groups in total. The highest BCUT2D eigenvalue weighted by atomic mass is 32.1. The normalized spacial score (nSPS) is 15.6. The highest BCUT2D eigenvalue weighted by molar-refractivity contribution is 7.81. The van der Waals surface area contributed by atoms with Gasteiger partial charge in [0.1, 0.15) is 17.2 Å². The third-order valence-corrected chi connectivity index (χ3v) is 3.98. The molecule has 0 spiro atoms. The van der Waals surface area contributed by atoms with Crippen LogP contribution in [0.5, 0.6) is 5.75 Å². The molecule has 114 valence electrons. The van der Waals surface area contributed by atoms with Crippen molar-refractivity contribution in [3.8, 4) is 5.75 Å². The second-order valence-electron chi connectivity index (χ2n) is 6.05. The Bertz CT molecular complexity index is 750. The molecule has 0 saturated carbocycles. The summed E-state index contributed by atoms with van der Waals surface area (Å²) in [5.41, 5.74) is 4.62. The second kappa shape index (κ2) is 5.36. The number of aryl methyl sites for hydroxylation is 1. The van der Waals surface area contributed by atoms with Gasteiger partial charge in [-0.3, -0.25) is 0 Å². The fourth-order valence-corrected chi connectivity index (χ4v) is 2.96. The number of rotatable bonds is 2. The molecule has 1 heterocycles. The number of thiol groups is 1. The van der Waals surface area contributed by atoms with Crippen molar-refractivity contribution in [2.45, 2.75) is 26.4 Å². The second-order valence-corrected chi connectivity index (χ2v) is 6.27. The molecule has 0 aromatic heterocycles. The Labute approximate surface area is 135 Å². The SMILES string of the molecule is Cc1cc(NS)cc2c1C(c1ccc(F)cc1)=CC(C)(C)O2. The van der Waals surface area contributed by atoms with E-state index >= 15 is 0 Å². The number of nitrogens with one attached hydrogen (secondary N) is 1. The fourth-order valence-electron chi connectivity index (χ4n) is 2.83. The number of fused-ring (bicyclic) bond motifs is 1. The molecule has 2 aromatic carbocycles. The van der Waals surface area contributed by atoms with Gasteiger partial charge in [0.2, 0.25) is 0 Å². The van der Waals surface area contributed by atoms with E-state index in [1.54, 1.807) is 12.1 Å². The first kappa shape index (κ1) is 15.0. The zero-order valence-corrected chi connectivity index (χ0v) is 13.7. The Morgan fingerprint density at radius 2 is 1.82 bits per heavy atom. The Morgan fingerprint density at radius 1 is 1.14 bits per heavy atom. The van der Waals surface area contributed by atoms with Gasteiger partial charge in [-0.2, -0.15) is 0 Å². The Morgan fingerprint density at radius 3 is 2.45 bits per heavy atom. The van der Waals surface area contributed by atoms with Gasteiger partial charge in [0, 0.05) is 17.3 Å². The molecule has 1 aliphatic heterocycles. The lowest BCUT2D eigenvalue weighted by atomic mass is 9.87. The average Bonchev–Trinajstić information content (AvgIpc) is 2.45. The van der Waals surface area contributed by atoms with E-state index in [4.69, 9.17) is 4.74 Å². The standard InChI is InChI=1S/C18H18FNOS/c1-11-8-14(20-22)9-16-17(11)15(10-18(2,3)21-16)12-4-6-13(19)7-5-12/h4-10,20,22H,1-3H3. The molecular weight excluding hydrogens is 297 g/mol. The lowest BCUT2D eigenvalue weighted by Gasteiger charge is -2.32. The van der Waals surface area contributed by atoms with Crippen LogP contribution in [-0.4, -0.2) is 5.60 Å². The third-order valence-electron chi connectivity index (χ3n) is 3.72. The molecule has 0 aliphatic carbocycles. The van der Waals surface area contributed by atoms with Gasteiger partial charge in [0.15, 0.2) is 0 Å². The molecule has 1 aliphatic rings. The molecule has 3 rings (SSSR count). The van der Waals surface area contributed by atoms with E-state index in [0.29, 0.717) is 0 Å². The van der Waals surface area contributed by atoms with Crippen molar-refractivity contribution in [2.24, 2.45) is 0 Å². The summed E-state index contributed by atoms with van der Waals surface area (Å²) in [5.74, 6) is 0.575. The van der Waals surface area contributed by atoms with E-state index in [-0.39, 0.29) is 5.82 Å². The van der Waals surface area contributed by atoms with E-state index in [2.05, 4.69) is 23.6 Å². The average molecular weight is 315 g/mol. The van der Waals surface area contributed by atoms with Gasteiger partial charge in [-0.05, 0) is 61.7 Å². The van der Waals surface area contributed by atoms with Crippen LogP contribution in [0.25, 0.3) is 5.57 Å². The van der Waals surface area contributed by atoms with Crippen molar-refractivity contribution in [1.29, 1.82) is 0 Å². The van der Waals surface area contributed by atoms with E-state index in [1.807, 2.05) is 32.9 Å². The van der Waals surface area contributed by atoms with Crippen molar-refractivity contribution >= 4 is 24.1 Å². The molecule has 2 aromatic rings. The van der Waals surface area contributed by atoms with Crippen LogP contribution < -0.4 is 9.46 Å². The van der Waals surface area contributed by atoms with Gasteiger partial charge >= 0.3 is 0 Å². The molecule has 0 bridgehead atoms. The molecule has 0 radical (unpaired) electrons. The van der Waals surface area contributed by atoms with E-state index < -0.39 is 5.60 Å². The molecule has 0 saturated heterocycles. The zero-order chi connectivity index (χ0) is 15.9. The summed E-state index contributed by atoms with van der Waals surface area (Å²) in [7, 11) is 0. The highest BCUT2D eigenvalue weighted by Crippen LogP contribution is 2.42. The maximum atomic E-state index is 13.2. The quantitative estimate of drug-likeness (QED) is 0.762. The Kier molecular flexibility index (Phi) is 3.65. The lowest BCUT2D eigenvalue weighted by Crippen LogP contribution is -2.29. The minimum atomic E-state index is -0.432. The Balaban J connectivity index is 2.22. The smallest absolute Gasteiger partial charge is 0.130 e. The van der Waals surface area contributed by atoms with Crippen LogP contribution in [0.15, 0.2) is 42.5 Å². The minimum Gasteiger partial charge on any atom is -0.483 e. The Hall–Kier alpha value is -1.94. The fraction of sp³-hybridized carbons (Fsp3) is 0.222. The summed E-state index contributed by atoms with van der Waals surface area (Å²) in [5, 5.41) is 0. The van der Waals surface area contributed by atoms with Crippen molar-refractivity contribution < 1.29 is 9.13 Å². The van der Waals surface area contributed by atoms with Gasteiger partial charge in [-0.1, -0.05) is 24.9 Å². The molecule has 0 fully saturated rings. The summed E-state index contributed by atoms with van der Waals surface area (Å²) in [6.45, 7) is 6.05. The van der Waals surface area contributed by atoms with Crippen molar-refractivity contribution in [1.82, 2.24) is 0 Å². The molecule has 0 amide bonds. The van der Waals surface area contributed by atoms with Gasteiger partial charge < -0.3 is 9.46 Å². The summed E-state index contributed by atoms with van der Waals surface area (Å²) in [4.78, 5) is 0. The topological polar surface area (TPSA) is 21.3 Å². The van der Waals surface area contributed by atoms with Gasteiger partial charge in [-0.15, -0.1) is 0 Å². The highest BCUT2D eigenvalue weighted by Gasteiger charge is 2.28. The largest absolute Gasteiger partial charge is 0.483 e. The molecule has 22 heavy (non-hydrogen) atoms. The molecular formula is C18H18FNOS. The van der Waals surface area contributed by atoms with Crippen LogP contribution in [-0.2, 0) is 0 Å². The van der Waals surface area contributed by atoms with Crippen molar-refractivity contribution in [2.75, 3.05) is 4.72 Å². The van der Waals surface area contributed by atoms with Crippen molar-refractivity contribution in [3.63, 3.8) is 0 Å². The van der Waals surface area contributed by atoms with E-state index in [0.717, 1.165) is 33.7 Å². The lowest BCUT2D eigenvalue weighted by molar-refractivity contribution is 0.158. The summed E-state index contributed by atoms with van der Waals surface area (Å²) < 4.78 is 22.2. The van der Waals surface area contributed by atoms with E-state index in [1.165, 1.54) is 12.1 Å². The molecule has 0 unspecified atom stereocenters. The van der Waals surface area contributed by atoms with Crippen LogP contribution >= 0.6 is 12.8 Å². The number of ether oxygens (including phenoxy) is 1. The van der Waals surface area contributed by atoms with E-state index in [9.17, 15) is 4.39 Å². The molecule has 2 nitrogen and oxygen atoms in total. The maximum Gasteiger partial charge on any atom is 0.130 e. The number of hydrogen-bond donors (Lipinski definition) is 2. The number of hydrogen-bond acceptors (Lipinski definition) is 3. The predicted octanol–water partition coefficient (Wildman–Crippen LogP) is 4.99. The maximum absolute atomic E-state index is 13.2. The number of benzene rings is 2. The van der Waals surface area contributed by atoms with Crippen molar-refractivity contribution in [3.05, 3.63) is 65.0 Å². The summed E-state index contributed by atoms with van der Waals surface area (Å²) in [6, 6.07) is 10.5. The zero-order valence-electron chi connectivity index (χ0n) is 12.8.